The minimum absolute atomic E-state index is 0.0568. The van der Waals surface area contributed by atoms with Crippen molar-refractivity contribution < 1.29 is 22.0 Å². The molecule has 1 aliphatic rings. The van der Waals surface area contributed by atoms with Crippen molar-refractivity contribution in [1.29, 1.82) is 0 Å². The average molecular weight is 407 g/mol. The quantitative estimate of drug-likeness (QED) is 0.711. The van der Waals surface area contributed by atoms with Gasteiger partial charge >= 0.3 is 0 Å². The Balaban J connectivity index is 1.55. The number of hydrogen-bond acceptors (Lipinski definition) is 3. The molecule has 0 atom stereocenters. The number of halogens is 2. The van der Waals surface area contributed by atoms with Crippen LogP contribution in [0.15, 0.2) is 47.4 Å². The maximum atomic E-state index is 13.6. The summed E-state index contributed by atoms with van der Waals surface area (Å²) in [4.78, 5) is 14.2. The molecule has 2 aromatic rings. The van der Waals surface area contributed by atoms with E-state index < -0.39 is 20.9 Å². The van der Waals surface area contributed by atoms with Crippen molar-refractivity contribution in [2.45, 2.75) is 42.8 Å². The van der Waals surface area contributed by atoms with Gasteiger partial charge in [0.2, 0.25) is 5.91 Å². The normalized spacial score (nSPS) is 15.6. The standard InChI is InChI=1S/C21H23F2NO3S/c1-15-2-3-16(14-20(15)23)4-9-21(25)24-12-10-19(11-13-24)28(26,27)18-7-5-17(22)6-8-18/h2-3,5-8,14,19H,4,9-13H2,1H3. The van der Waals surface area contributed by atoms with Crippen molar-refractivity contribution in [2.75, 3.05) is 13.1 Å². The summed E-state index contributed by atoms with van der Waals surface area (Å²) in [7, 11) is -3.54. The first kappa shape index (κ1) is 20.5. The Labute approximate surface area is 164 Å². The number of likely N-dealkylation sites (tertiary alicyclic amines) is 1. The zero-order valence-corrected chi connectivity index (χ0v) is 16.5. The van der Waals surface area contributed by atoms with Gasteiger partial charge in [-0.3, -0.25) is 4.79 Å². The summed E-state index contributed by atoms with van der Waals surface area (Å²) in [6, 6.07) is 9.79. The molecule has 1 heterocycles. The Morgan fingerprint density at radius 3 is 2.32 bits per heavy atom. The second-order valence-corrected chi connectivity index (χ2v) is 9.39. The molecule has 1 aliphatic heterocycles. The number of hydrogen-bond donors (Lipinski definition) is 0. The largest absolute Gasteiger partial charge is 0.343 e. The lowest BCUT2D eigenvalue weighted by molar-refractivity contribution is -0.132. The van der Waals surface area contributed by atoms with Crippen LogP contribution in [0.1, 0.15) is 30.4 Å². The molecule has 3 rings (SSSR count). The maximum absolute atomic E-state index is 13.6. The average Bonchev–Trinajstić information content (AvgIpc) is 2.69. The fourth-order valence-corrected chi connectivity index (χ4v) is 5.17. The Bertz CT molecular complexity index is 950. The number of aryl methyl sites for hydroxylation is 2. The van der Waals surface area contributed by atoms with Gasteiger partial charge in [-0.15, -0.1) is 0 Å². The van der Waals surface area contributed by atoms with E-state index in [1.54, 1.807) is 17.9 Å². The first-order chi connectivity index (χ1) is 13.3. The molecule has 2 aromatic carbocycles. The van der Waals surface area contributed by atoms with Crippen LogP contribution >= 0.6 is 0 Å². The van der Waals surface area contributed by atoms with E-state index in [-0.39, 0.29) is 23.0 Å². The summed E-state index contributed by atoms with van der Waals surface area (Å²) in [6.07, 6.45) is 1.41. The molecule has 0 aromatic heterocycles. The van der Waals surface area contributed by atoms with Crippen molar-refractivity contribution >= 4 is 15.7 Å². The smallest absolute Gasteiger partial charge is 0.222 e. The van der Waals surface area contributed by atoms with Gasteiger partial charge in [0.1, 0.15) is 11.6 Å². The molecular weight excluding hydrogens is 384 g/mol. The first-order valence-corrected chi connectivity index (χ1v) is 10.8. The number of carbonyl (C=O) groups excluding carboxylic acids is 1. The van der Waals surface area contributed by atoms with Gasteiger partial charge in [0, 0.05) is 19.5 Å². The summed E-state index contributed by atoms with van der Waals surface area (Å²) in [5, 5.41) is -0.576. The van der Waals surface area contributed by atoms with Gasteiger partial charge in [-0.25, -0.2) is 17.2 Å². The zero-order valence-electron chi connectivity index (χ0n) is 15.7. The maximum Gasteiger partial charge on any atom is 0.222 e. The molecule has 0 aliphatic carbocycles. The highest BCUT2D eigenvalue weighted by atomic mass is 32.2. The van der Waals surface area contributed by atoms with Gasteiger partial charge in [-0.05, 0) is 67.6 Å². The van der Waals surface area contributed by atoms with E-state index in [2.05, 4.69) is 0 Å². The summed E-state index contributed by atoms with van der Waals surface area (Å²) in [5.41, 5.74) is 1.34. The minimum Gasteiger partial charge on any atom is -0.343 e. The molecule has 0 unspecified atom stereocenters. The van der Waals surface area contributed by atoms with Crippen LogP contribution in [0.2, 0.25) is 0 Å². The number of carbonyl (C=O) groups is 1. The van der Waals surface area contributed by atoms with Crippen molar-refractivity contribution in [3.8, 4) is 0 Å². The van der Waals surface area contributed by atoms with Crippen molar-refractivity contribution in [2.24, 2.45) is 0 Å². The van der Waals surface area contributed by atoms with E-state index >= 15 is 0 Å². The fraction of sp³-hybridized carbons (Fsp3) is 0.381. The Kier molecular flexibility index (Phi) is 6.13. The van der Waals surface area contributed by atoms with Crippen LogP contribution in [-0.2, 0) is 21.1 Å². The summed E-state index contributed by atoms with van der Waals surface area (Å²) >= 11 is 0. The minimum atomic E-state index is -3.54. The van der Waals surface area contributed by atoms with Crippen molar-refractivity contribution in [3.05, 3.63) is 65.2 Å². The molecule has 4 nitrogen and oxygen atoms in total. The molecule has 1 saturated heterocycles. The number of rotatable bonds is 5. The highest BCUT2D eigenvalue weighted by Crippen LogP contribution is 2.25. The molecule has 28 heavy (non-hydrogen) atoms. The molecule has 7 heteroatoms. The SMILES string of the molecule is Cc1ccc(CCC(=O)N2CCC(S(=O)(=O)c3ccc(F)cc3)CC2)cc1F. The van der Waals surface area contributed by atoms with E-state index in [9.17, 15) is 22.0 Å². The lowest BCUT2D eigenvalue weighted by Crippen LogP contribution is -2.42. The van der Waals surface area contributed by atoms with Crippen molar-refractivity contribution in [1.82, 2.24) is 4.90 Å². The second kappa shape index (κ2) is 8.39. The number of benzene rings is 2. The highest BCUT2D eigenvalue weighted by molar-refractivity contribution is 7.92. The molecule has 0 bridgehead atoms. The van der Waals surface area contributed by atoms with Crippen LogP contribution in [0.5, 0.6) is 0 Å². The van der Waals surface area contributed by atoms with Crippen LogP contribution in [-0.4, -0.2) is 37.6 Å². The number of piperidine rings is 1. The van der Waals surface area contributed by atoms with E-state index in [0.717, 1.165) is 17.7 Å². The van der Waals surface area contributed by atoms with Crippen molar-refractivity contribution in [3.63, 3.8) is 0 Å². The topological polar surface area (TPSA) is 54.5 Å². The summed E-state index contributed by atoms with van der Waals surface area (Å²) < 4.78 is 52.0. The molecule has 1 fully saturated rings. The van der Waals surface area contributed by atoms with Crippen LogP contribution < -0.4 is 0 Å². The highest BCUT2D eigenvalue weighted by Gasteiger charge is 2.32. The predicted octanol–water partition coefficient (Wildman–Crippen LogP) is 3.67. The molecule has 150 valence electrons. The zero-order chi connectivity index (χ0) is 20.3. The Hall–Kier alpha value is -2.28. The van der Waals surface area contributed by atoms with E-state index in [1.165, 1.54) is 18.2 Å². The van der Waals surface area contributed by atoms with E-state index in [4.69, 9.17) is 0 Å². The number of sulfone groups is 1. The molecule has 0 saturated carbocycles. The van der Waals surface area contributed by atoms with Crippen LogP contribution in [0.25, 0.3) is 0 Å². The molecular formula is C21H23F2NO3S. The molecule has 0 N–H and O–H groups in total. The third kappa shape index (κ3) is 4.58. The molecule has 0 spiro atoms. The van der Waals surface area contributed by atoms with Crippen LogP contribution in [0.3, 0.4) is 0 Å². The van der Waals surface area contributed by atoms with Gasteiger partial charge in [0.15, 0.2) is 9.84 Å². The van der Waals surface area contributed by atoms with E-state index in [0.29, 0.717) is 37.9 Å². The van der Waals surface area contributed by atoms with Crippen LogP contribution in [0, 0.1) is 18.6 Å². The van der Waals surface area contributed by atoms with Gasteiger partial charge in [-0.2, -0.15) is 0 Å². The predicted molar refractivity (Wildman–Crippen MR) is 103 cm³/mol. The first-order valence-electron chi connectivity index (χ1n) is 9.29. The molecule has 0 radical (unpaired) electrons. The summed E-state index contributed by atoms with van der Waals surface area (Å²) in [5.74, 6) is -0.816. The summed E-state index contributed by atoms with van der Waals surface area (Å²) in [6.45, 7) is 2.42. The fourth-order valence-electron chi connectivity index (χ4n) is 3.43. The lowest BCUT2D eigenvalue weighted by atomic mass is 10.1. The van der Waals surface area contributed by atoms with Crippen LogP contribution in [0.4, 0.5) is 8.78 Å². The van der Waals surface area contributed by atoms with Gasteiger partial charge < -0.3 is 4.90 Å². The monoisotopic (exact) mass is 407 g/mol. The van der Waals surface area contributed by atoms with E-state index in [1.807, 2.05) is 6.07 Å². The lowest BCUT2D eigenvalue weighted by Gasteiger charge is -2.32. The third-order valence-corrected chi connectivity index (χ3v) is 7.52. The Morgan fingerprint density at radius 1 is 1.07 bits per heavy atom. The second-order valence-electron chi connectivity index (χ2n) is 7.16. The van der Waals surface area contributed by atoms with Gasteiger partial charge in [-0.1, -0.05) is 12.1 Å². The van der Waals surface area contributed by atoms with Gasteiger partial charge in [0.05, 0.1) is 10.1 Å². The number of nitrogens with zero attached hydrogens (tertiary/aromatic N) is 1. The molecule has 1 amide bonds. The number of amides is 1. The Morgan fingerprint density at radius 2 is 1.71 bits per heavy atom. The third-order valence-electron chi connectivity index (χ3n) is 5.24. The van der Waals surface area contributed by atoms with Gasteiger partial charge in [0.25, 0.3) is 0 Å².